The van der Waals surface area contributed by atoms with E-state index in [1.54, 1.807) is 20.8 Å². The third-order valence-corrected chi connectivity index (χ3v) is 8.52. The molecule has 15 nitrogen and oxygen atoms in total. The van der Waals surface area contributed by atoms with Crippen LogP contribution < -0.4 is 30.2 Å². The number of nitrogens with one attached hydrogen (secondary N) is 3. The SMILES string of the molecule is CC(C)(C)OC(=O)N1CCCC1CC(NC(=O)c1ccc2cc1OCCCCCCOc1ccc(cc1)CNc1nc(nc(OCC(F)(F)F)n1)N2)C(=O)O. The Bertz CT molecular complexity index is 1790. The number of alkyl halides is 3. The van der Waals surface area contributed by atoms with E-state index in [1.165, 1.54) is 23.1 Å². The van der Waals surface area contributed by atoms with Crippen molar-refractivity contribution in [1.82, 2.24) is 25.2 Å². The van der Waals surface area contributed by atoms with Crippen molar-refractivity contribution in [2.45, 2.75) is 96.1 Å². The van der Waals surface area contributed by atoms with E-state index in [4.69, 9.17) is 18.9 Å². The fraction of sp³-hybridized carbons (Fsp3) is 0.514. The van der Waals surface area contributed by atoms with Gasteiger partial charge in [0.05, 0.1) is 18.8 Å². The Balaban J connectivity index is 1.38. The van der Waals surface area contributed by atoms with E-state index in [2.05, 4.69) is 30.9 Å². The van der Waals surface area contributed by atoms with Gasteiger partial charge in [0.15, 0.2) is 6.61 Å². The van der Waals surface area contributed by atoms with Gasteiger partial charge in [-0.25, -0.2) is 9.59 Å². The number of hydrogen-bond donors (Lipinski definition) is 4. The van der Waals surface area contributed by atoms with E-state index in [9.17, 15) is 32.7 Å². The average Bonchev–Trinajstić information content (AvgIpc) is 3.58. The second kappa shape index (κ2) is 18.2. The molecular weight excluding hydrogens is 727 g/mol. The van der Waals surface area contributed by atoms with Crippen molar-refractivity contribution in [2.24, 2.45) is 0 Å². The van der Waals surface area contributed by atoms with E-state index in [0.717, 1.165) is 24.8 Å². The summed E-state index contributed by atoms with van der Waals surface area (Å²) in [6.45, 7) is 4.96. The molecule has 1 saturated heterocycles. The zero-order chi connectivity index (χ0) is 39.6. The third-order valence-electron chi connectivity index (χ3n) is 8.52. The summed E-state index contributed by atoms with van der Waals surface area (Å²) in [7, 11) is 0. The molecule has 0 spiro atoms. The van der Waals surface area contributed by atoms with Gasteiger partial charge < -0.3 is 44.9 Å². The number of hydrogen-bond acceptors (Lipinski definition) is 12. The van der Waals surface area contributed by atoms with Gasteiger partial charge in [0, 0.05) is 30.9 Å². The number of fused-ring (bicyclic) bond motifs is 10. The Hall–Kier alpha value is -5.55. The first kappa shape index (κ1) is 40.6. The number of benzene rings is 2. The Morgan fingerprint density at radius 1 is 0.964 bits per heavy atom. The quantitative estimate of drug-likeness (QED) is 0.205. The number of carbonyl (C=O) groups is 3. The van der Waals surface area contributed by atoms with Gasteiger partial charge in [0.25, 0.3) is 5.91 Å². The molecule has 0 radical (unpaired) electrons. The maximum Gasteiger partial charge on any atom is 0.422 e. The number of rotatable bonds is 7. The summed E-state index contributed by atoms with van der Waals surface area (Å²) < 4.78 is 61.3. The highest BCUT2D eigenvalue weighted by Gasteiger charge is 2.36. The average molecular weight is 774 g/mol. The number of aromatic nitrogens is 3. The standard InChI is InChI=1S/C37H46F3N7O8/c1-36(2,3)55-35(51)47-16-8-9-25(47)20-28(31(49)50)43-30(48)27-15-12-24-19-29(27)53-18-7-5-4-6-17-52-26-13-10-23(11-14-26)21-41-32-44-33(42-24)46-34(45-32)54-22-37(38,39)40/h10-15,19,25,28H,4-9,16-18,20-22H2,1-3H3,(H,43,48)(H,49,50)(H2,41,42,44,45,46). The molecule has 2 unspecified atom stereocenters. The maximum absolute atomic E-state index is 13.7. The number of halogens is 3. The van der Waals surface area contributed by atoms with Crippen LogP contribution in [0.15, 0.2) is 42.5 Å². The molecule has 2 atom stereocenters. The smallest absolute Gasteiger partial charge is 0.422 e. The van der Waals surface area contributed by atoms with Crippen molar-refractivity contribution in [2.75, 3.05) is 37.0 Å². The molecule has 3 aromatic rings. The van der Waals surface area contributed by atoms with Crippen LogP contribution in [0.5, 0.6) is 17.5 Å². The van der Waals surface area contributed by atoms with Crippen LogP contribution in [0.2, 0.25) is 0 Å². The van der Waals surface area contributed by atoms with Gasteiger partial charge in [-0.05, 0) is 95.5 Å². The minimum absolute atomic E-state index is 0.0377. The molecule has 3 aliphatic heterocycles. The lowest BCUT2D eigenvalue weighted by atomic mass is 10.0. The molecule has 298 valence electrons. The summed E-state index contributed by atoms with van der Waals surface area (Å²) in [5.41, 5.74) is 0.436. The van der Waals surface area contributed by atoms with Crippen LogP contribution in [0, 0.1) is 0 Å². The van der Waals surface area contributed by atoms with Crippen LogP contribution in [0.1, 0.15) is 81.6 Å². The molecule has 18 heteroatoms. The first-order chi connectivity index (χ1) is 26.1. The first-order valence-electron chi connectivity index (χ1n) is 18.1. The number of likely N-dealkylation sites (tertiary alicyclic amines) is 1. The predicted molar refractivity (Wildman–Crippen MR) is 194 cm³/mol. The van der Waals surface area contributed by atoms with Crippen LogP contribution in [0.3, 0.4) is 0 Å². The van der Waals surface area contributed by atoms with Gasteiger partial charge in [-0.1, -0.05) is 12.1 Å². The molecular formula is C37H46F3N7O8. The summed E-state index contributed by atoms with van der Waals surface area (Å²) in [4.78, 5) is 52.7. The lowest BCUT2D eigenvalue weighted by Gasteiger charge is -2.30. The highest BCUT2D eigenvalue weighted by molar-refractivity contribution is 5.99. The number of ether oxygens (including phenoxy) is 4. The second-order valence-corrected chi connectivity index (χ2v) is 14.2. The van der Waals surface area contributed by atoms with Gasteiger partial charge >= 0.3 is 24.2 Å². The number of carboxylic acids is 1. The maximum atomic E-state index is 13.7. The lowest BCUT2D eigenvalue weighted by molar-refractivity contribution is -0.154. The zero-order valence-electron chi connectivity index (χ0n) is 30.9. The molecule has 4 heterocycles. The van der Waals surface area contributed by atoms with Gasteiger partial charge in [-0.15, -0.1) is 0 Å². The summed E-state index contributed by atoms with van der Waals surface area (Å²) in [5, 5.41) is 18.6. The van der Waals surface area contributed by atoms with Crippen LogP contribution in [-0.2, 0) is 16.1 Å². The number of amides is 2. The van der Waals surface area contributed by atoms with Crippen molar-refractivity contribution >= 4 is 35.6 Å². The molecule has 2 aromatic carbocycles. The van der Waals surface area contributed by atoms with Crippen molar-refractivity contribution < 1.29 is 51.6 Å². The van der Waals surface area contributed by atoms with Crippen LogP contribution >= 0.6 is 0 Å². The van der Waals surface area contributed by atoms with Crippen molar-refractivity contribution in [3.8, 4) is 17.5 Å². The summed E-state index contributed by atoms with van der Waals surface area (Å²) in [6, 6.07) is 9.32. The predicted octanol–water partition coefficient (Wildman–Crippen LogP) is 6.47. The normalized spacial score (nSPS) is 17.3. The molecule has 55 heavy (non-hydrogen) atoms. The largest absolute Gasteiger partial charge is 0.494 e. The van der Waals surface area contributed by atoms with Crippen molar-refractivity contribution in [1.29, 1.82) is 0 Å². The van der Waals surface area contributed by atoms with Gasteiger partial charge in [0.1, 0.15) is 23.1 Å². The molecule has 0 aliphatic carbocycles. The van der Waals surface area contributed by atoms with Gasteiger partial charge in [-0.2, -0.15) is 28.1 Å². The minimum Gasteiger partial charge on any atom is -0.494 e. The number of anilines is 3. The third kappa shape index (κ3) is 12.8. The summed E-state index contributed by atoms with van der Waals surface area (Å²) in [5.74, 6) is -1.43. The molecule has 4 N–H and O–H groups in total. The molecule has 6 bridgehead atoms. The lowest BCUT2D eigenvalue weighted by Crippen LogP contribution is -2.47. The minimum atomic E-state index is -4.64. The Labute approximate surface area is 316 Å². The van der Waals surface area contributed by atoms with E-state index in [1.807, 2.05) is 24.3 Å². The van der Waals surface area contributed by atoms with Crippen molar-refractivity contribution in [3.05, 3.63) is 53.6 Å². The molecule has 3 aliphatic rings. The van der Waals surface area contributed by atoms with Crippen LogP contribution in [0.25, 0.3) is 0 Å². The molecule has 6 rings (SSSR count). The highest BCUT2D eigenvalue weighted by Crippen LogP contribution is 2.29. The van der Waals surface area contributed by atoms with Gasteiger partial charge in [-0.3, -0.25) is 4.79 Å². The van der Waals surface area contributed by atoms with Crippen LogP contribution in [0.4, 0.5) is 35.5 Å². The van der Waals surface area contributed by atoms with Crippen LogP contribution in [-0.4, -0.2) is 93.2 Å². The topological polar surface area (TPSA) is 186 Å². The second-order valence-electron chi connectivity index (χ2n) is 14.2. The monoisotopic (exact) mass is 773 g/mol. The first-order valence-corrected chi connectivity index (χ1v) is 18.1. The Morgan fingerprint density at radius 2 is 1.67 bits per heavy atom. The van der Waals surface area contributed by atoms with E-state index < -0.39 is 54.4 Å². The summed E-state index contributed by atoms with van der Waals surface area (Å²) in [6.07, 6.45) is -0.925. The molecule has 1 aromatic heterocycles. The van der Waals surface area contributed by atoms with Gasteiger partial charge in [0.2, 0.25) is 11.9 Å². The summed E-state index contributed by atoms with van der Waals surface area (Å²) >= 11 is 0. The number of nitrogens with zero attached hydrogens (tertiary/aromatic N) is 4. The fourth-order valence-corrected chi connectivity index (χ4v) is 5.92. The number of carboxylic acid groups (broad SMARTS) is 1. The fourth-order valence-electron chi connectivity index (χ4n) is 5.92. The van der Waals surface area contributed by atoms with E-state index in [-0.39, 0.29) is 42.8 Å². The zero-order valence-corrected chi connectivity index (χ0v) is 30.9. The molecule has 1 fully saturated rings. The Morgan fingerprint density at radius 3 is 2.36 bits per heavy atom. The van der Waals surface area contributed by atoms with E-state index >= 15 is 0 Å². The Kier molecular flexibility index (Phi) is 13.4. The molecule has 0 saturated carbocycles. The molecule has 2 amide bonds. The highest BCUT2D eigenvalue weighted by atomic mass is 19.4. The van der Waals surface area contributed by atoms with Crippen molar-refractivity contribution in [3.63, 3.8) is 0 Å². The van der Waals surface area contributed by atoms with E-state index in [0.29, 0.717) is 43.9 Å². The number of aliphatic carboxylic acids is 1. The number of carbonyl (C=O) groups excluding carboxylic acids is 2.